The van der Waals surface area contributed by atoms with E-state index in [0.717, 1.165) is 28.9 Å². The maximum absolute atomic E-state index is 12.9. The first-order chi connectivity index (χ1) is 16.1. The molecule has 0 atom stereocenters. The molecule has 2 aliphatic rings. The number of ether oxygens (including phenoxy) is 2. The van der Waals surface area contributed by atoms with Gasteiger partial charge in [-0.15, -0.1) is 0 Å². The molecule has 182 valence electrons. The van der Waals surface area contributed by atoms with Crippen LogP contribution in [0.2, 0.25) is 0 Å². The summed E-state index contributed by atoms with van der Waals surface area (Å²) >= 11 is 0. The SMILES string of the molecule is CCCCOc1c2cc(=O)c(OCc3ccccc3)cc-2cn(CC(C)(C)C)c1N(C)C(=O)O. The van der Waals surface area contributed by atoms with Crippen LogP contribution in [0.25, 0.3) is 11.1 Å². The van der Waals surface area contributed by atoms with E-state index in [1.807, 2.05) is 41.1 Å². The highest BCUT2D eigenvalue weighted by molar-refractivity contribution is 5.90. The van der Waals surface area contributed by atoms with Gasteiger partial charge in [-0.25, -0.2) is 4.79 Å². The van der Waals surface area contributed by atoms with E-state index in [0.29, 0.717) is 30.3 Å². The molecular formula is C27H34N2O5. The Balaban J connectivity index is 2.16. The molecule has 7 heteroatoms. The lowest BCUT2D eigenvalue weighted by molar-refractivity contribution is 0.202. The molecule has 34 heavy (non-hydrogen) atoms. The van der Waals surface area contributed by atoms with Crippen LogP contribution < -0.4 is 19.8 Å². The summed E-state index contributed by atoms with van der Waals surface area (Å²) in [5.74, 6) is 1.05. The Morgan fingerprint density at radius 3 is 2.44 bits per heavy atom. The van der Waals surface area contributed by atoms with Gasteiger partial charge in [0.25, 0.3) is 0 Å². The van der Waals surface area contributed by atoms with Gasteiger partial charge in [-0.2, -0.15) is 0 Å². The van der Waals surface area contributed by atoms with Crippen LogP contribution in [0.5, 0.6) is 11.5 Å². The molecule has 1 heterocycles. The molecule has 0 spiro atoms. The maximum Gasteiger partial charge on any atom is 0.412 e. The van der Waals surface area contributed by atoms with Crippen molar-refractivity contribution in [3.05, 3.63) is 64.4 Å². The molecule has 3 rings (SSSR count). The first-order valence-electron chi connectivity index (χ1n) is 11.6. The number of aromatic nitrogens is 1. The van der Waals surface area contributed by atoms with Crippen LogP contribution in [0.3, 0.4) is 0 Å². The van der Waals surface area contributed by atoms with E-state index in [9.17, 15) is 14.7 Å². The Bertz CT molecular complexity index is 1150. The molecular weight excluding hydrogens is 432 g/mol. The summed E-state index contributed by atoms with van der Waals surface area (Å²) in [6.45, 7) is 9.57. The minimum absolute atomic E-state index is 0.127. The molecule has 0 fully saturated rings. The molecule has 1 N–H and O–H groups in total. The second kappa shape index (κ2) is 10.6. The fraction of sp³-hybridized carbons (Fsp3) is 0.407. The minimum Gasteiger partial charge on any atom is -0.489 e. The van der Waals surface area contributed by atoms with Gasteiger partial charge in [0.05, 0.1) is 6.61 Å². The van der Waals surface area contributed by atoms with Crippen molar-refractivity contribution in [2.24, 2.45) is 5.41 Å². The zero-order chi connectivity index (χ0) is 24.9. The number of carbonyl (C=O) groups is 1. The third-order valence-corrected chi connectivity index (χ3v) is 5.36. The van der Waals surface area contributed by atoms with Gasteiger partial charge in [-0.1, -0.05) is 64.4 Å². The number of unbranched alkanes of at least 4 members (excludes halogenated alkanes) is 1. The van der Waals surface area contributed by atoms with Crippen molar-refractivity contribution in [3.63, 3.8) is 0 Å². The molecule has 0 saturated heterocycles. The smallest absolute Gasteiger partial charge is 0.412 e. The molecule has 1 aromatic carbocycles. The summed E-state index contributed by atoms with van der Waals surface area (Å²) in [6, 6.07) is 12.9. The largest absolute Gasteiger partial charge is 0.489 e. The molecule has 0 radical (unpaired) electrons. The standard InChI is InChI=1S/C27H34N2O5/c1-6-7-13-33-24-21-15-22(30)23(34-17-19-11-9-8-10-12-19)14-20(21)16-29(18-27(2,3)4)25(24)28(5)26(31)32/h8-12,14-16H,6-7,13,17-18H2,1-5H3,(H,31,32). The van der Waals surface area contributed by atoms with Crippen molar-refractivity contribution in [3.8, 4) is 22.6 Å². The normalized spacial score (nSPS) is 11.4. The van der Waals surface area contributed by atoms with E-state index in [1.165, 1.54) is 13.1 Å². The first-order valence-corrected chi connectivity index (χ1v) is 11.6. The summed E-state index contributed by atoms with van der Waals surface area (Å²) in [5.41, 5.74) is 1.88. The fourth-order valence-corrected chi connectivity index (χ4v) is 3.74. The van der Waals surface area contributed by atoms with Crippen LogP contribution in [0.1, 0.15) is 46.1 Å². The summed E-state index contributed by atoms with van der Waals surface area (Å²) in [4.78, 5) is 26.0. The van der Waals surface area contributed by atoms with Crippen molar-refractivity contribution < 1.29 is 19.4 Å². The number of hydrogen-bond donors (Lipinski definition) is 1. The lowest BCUT2D eigenvalue weighted by Gasteiger charge is -2.30. The highest BCUT2D eigenvalue weighted by Gasteiger charge is 2.27. The molecule has 0 aromatic heterocycles. The van der Waals surface area contributed by atoms with Gasteiger partial charge in [-0.05, 0) is 23.5 Å². The maximum atomic E-state index is 12.9. The van der Waals surface area contributed by atoms with E-state index in [-0.39, 0.29) is 23.2 Å². The first kappa shape index (κ1) is 25.1. The number of carboxylic acid groups (broad SMARTS) is 1. The molecule has 0 bridgehead atoms. The molecule has 7 nitrogen and oxygen atoms in total. The van der Waals surface area contributed by atoms with Gasteiger partial charge in [0.2, 0.25) is 5.43 Å². The van der Waals surface area contributed by atoms with Crippen molar-refractivity contribution >= 4 is 11.9 Å². The van der Waals surface area contributed by atoms with Crippen molar-refractivity contribution in [1.29, 1.82) is 0 Å². The topological polar surface area (TPSA) is 81.0 Å². The average molecular weight is 467 g/mol. The van der Waals surface area contributed by atoms with Gasteiger partial charge in [-0.3, -0.25) is 9.69 Å². The lowest BCUT2D eigenvalue weighted by Crippen LogP contribution is -2.30. The van der Waals surface area contributed by atoms with Crippen LogP contribution in [0.15, 0.2) is 53.5 Å². The highest BCUT2D eigenvalue weighted by Crippen LogP contribution is 2.42. The number of pyridine rings is 1. The van der Waals surface area contributed by atoms with E-state index >= 15 is 0 Å². The van der Waals surface area contributed by atoms with E-state index in [2.05, 4.69) is 27.7 Å². The van der Waals surface area contributed by atoms with E-state index in [4.69, 9.17) is 9.47 Å². The lowest BCUT2D eigenvalue weighted by atomic mass is 9.95. The van der Waals surface area contributed by atoms with Crippen LogP contribution in [0, 0.1) is 5.41 Å². The third kappa shape index (κ3) is 6.10. The Hall–Kier alpha value is -3.48. The Morgan fingerprint density at radius 2 is 1.82 bits per heavy atom. The van der Waals surface area contributed by atoms with Crippen molar-refractivity contribution in [2.45, 2.75) is 53.7 Å². The second-order valence-corrected chi connectivity index (χ2v) is 9.67. The number of amides is 1. The molecule has 0 unspecified atom stereocenters. The minimum atomic E-state index is -1.10. The molecule has 1 amide bonds. The Labute approximate surface area is 200 Å². The van der Waals surface area contributed by atoms with Crippen LogP contribution in [-0.4, -0.2) is 29.4 Å². The van der Waals surface area contributed by atoms with E-state index in [1.54, 1.807) is 6.07 Å². The number of fused-ring (bicyclic) bond motifs is 1. The predicted octanol–water partition coefficient (Wildman–Crippen LogP) is 5.87. The summed E-state index contributed by atoms with van der Waals surface area (Å²) < 4.78 is 13.9. The fourth-order valence-electron chi connectivity index (χ4n) is 3.74. The van der Waals surface area contributed by atoms with Gasteiger partial charge < -0.3 is 19.1 Å². The number of benzene rings is 2. The Morgan fingerprint density at radius 1 is 1.12 bits per heavy atom. The zero-order valence-corrected chi connectivity index (χ0v) is 20.6. The summed E-state index contributed by atoms with van der Waals surface area (Å²) in [6.07, 6.45) is 2.51. The van der Waals surface area contributed by atoms with Gasteiger partial charge >= 0.3 is 6.09 Å². The van der Waals surface area contributed by atoms with Crippen LogP contribution in [0.4, 0.5) is 10.6 Å². The van der Waals surface area contributed by atoms with E-state index < -0.39 is 6.09 Å². The zero-order valence-electron chi connectivity index (χ0n) is 20.6. The van der Waals surface area contributed by atoms with Crippen LogP contribution in [-0.2, 0) is 13.2 Å². The quantitative estimate of drug-likeness (QED) is 0.399. The van der Waals surface area contributed by atoms with Crippen LogP contribution >= 0.6 is 0 Å². The average Bonchev–Trinajstić information content (AvgIpc) is 2.77. The van der Waals surface area contributed by atoms with Crippen molar-refractivity contribution in [2.75, 3.05) is 18.6 Å². The van der Waals surface area contributed by atoms with Gasteiger partial charge in [0.15, 0.2) is 17.3 Å². The molecule has 0 saturated carbocycles. The molecule has 1 aromatic rings. The third-order valence-electron chi connectivity index (χ3n) is 5.36. The second-order valence-electron chi connectivity index (χ2n) is 9.67. The number of hydrogen-bond acceptors (Lipinski definition) is 4. The van der Waals surface area contributed by atoms with Gasteiger partial charge in [0.1, 0.15) is 6.61 Å². The highest BCUT2D eigenvalue weighted by atomic mass is 16.5. The number of anilines is 1. The number of rotatable bonds is 9. The monoisotopic (exact) mass is 466 g/mol. The van der Waals surface area contributed by atoms with Gasteiger partial charge in [0, 0.05) is 37.0 Å². The Kier molecular flexibility index (Phi) is 7.87. The number of nitrogens with zero attached hydrogens (tertiary/aromatic N) is 2. The summed E-state index contributed by atoms with van der Waals surface area (Å²) in [5, 5.41) is 9.78. The van der Waals surface area contributed by atoms with Crippen molar-refractivity contribution in [1.82, 2.24) is 4.57 Å². The molecule has 1 aliphatic heterocycles. The molecule has 1 aliphatic carbocycles. The summed E-state index contributed by atoms with van der Waals surface area (Å²) in [7, 11) is 1.49. The predicted molar refractivity (Wildman–Crippen MR) is 134 cm³/mol.